The maximum Gasteiger partial charge on any atom is 0.416 e. The lowest BCUT2D eigenvalue weighted by Crippen LogP contribution is -2.17. The highest BCUT2D eigenvalue weighted by Crippen LogP contribution is 2.37. The standard InChI is InChI=1S/C24H13F6N3O4/c25-23(26,27)14-9-13(10-15(11-14)24(28,29)30)22(34)32-16-3-1-4-17(12-16)37-20-7-8-31-21-18(20)5-2-6-19(21)33(35)36/h1-12H,(H,32,34). The van der Waals surface area contributed by atoms with Crippen molar-refractivity contribution in [1.82, 2.24) is 4.98 Å². The molecule has 0 fully saturated rings. The van der Waals surface area contributed by atoms with Crippen LogP contribution in [-0.4, -0.2) is 15.8 Å². The zero-order valence-electron chi connectivity index (χ0n) is 18.2. The van der Waals surface area contributed by atoms with Crippen LogP contribution in [0.4, 0.5) is 37.7 Å². The highest BCUT2D eigenvalue weighted by Gasteiger charge is 2.37. The number of amides is 1. The molecule has 190 valence electrons. The van der Waals surface area contributed by atoms with Gasteiger partial charge in [-0.1, -0.05) is 12.1 Å². The predicted molar refractivity (Wildman–Crippen MR) is 119 cm³/mol. The Morgan fingerprint density at radius 3 is 2.16 bits per heavy atom. The van der Waals surface area contributed by atoms with Crippen molar-refractivity contribution >= 4 is 28.2 Å². The second-order valence-electron chi connectivity index (χ2n) is 7.62. The number of benzene rings is 3. The van der Waals surface area contributed by atoms with E-state index in [1.54, 1.807) is 6.07 Å². The first-order valence-electron chi connectivity index (χ1n) is 10.2. The summed E-state index contributed by atoms with van der Waals surface area (Å²) < 4.78 is 84.4. The lowest BCUT2D eigenvalue weighted by molar-refractivity contribution is -0.383. The van der Waals surface area contributed by atoms with Gasteiger partial charge in [-0.05, 0) is 42.5 Å². The zero-order chi connectivity index (χ0) is 27.0. The molecule has 0 aliphatic carbocycles. The zero-order valence-corrected chi connectivity index (χ0v) is 18.2. The molecule has 0 aliphatic heterocycles. The van der Waals surface area contributed by atoms with Crippen LogP contribution < -0.4 is 10.1 Å². The Hall–Kier alpha value is -4.68. The molecular weight excluding hydrogens is 508 g/mol. The summed E-state index contributed by atoms with van der Waals surface area (Å²) in [6.45, 7) is 0. The van der Waals surface area contributed by atoms with Crippen LogP contribution >= 0.6 is 0 Å². The molecule has 1 N–H and O–H groups in total. The van der Waals surface area contributed by atoms with Crippen molar-refractivity contribution in [3.05, 3.63) is 99.7 Å². The highest BCUT2D eigenvalue weighted by molar-refractivity contribution is 6.04. The fourth-order valence-electron chi connectivity index (χ4n) is 3.43. The number of aromatic nitrogens is 1. The average molecular weight is 521 g/mol. The van der Waals surface area contributed by atoms with Gasteiger partial charge in [-0.2, -0.15) is 26.3 Å². The molecule has 0 unspecified atom stereocenters. The lowest BCUT2D eigenvalue weighted by Gasteiger charge is -2.14. The van der Waals surface area contributed by atoms with E-state index in [-0.39, 0.29) is 34.5 Å². The number of non-ortho nitro benzene ring substituents is 1. The molecule has 3 aromatic carbocycles. The van der Waals surface area contributed by atoms with E-state index in [4.69, 9.17) is 4.74 Å². The van der Waals surface area contributed by atoms with Crippen molar-refractivity contribution in [3.8, 4) is 11.5 Å². The first-order valence-corrected chi connectivity index (χ1v) is 10.2. The minimum absolute atomic E-state index is 0.0119. The van der Waals surface area contributed by atoms with Crippen molar-refractivity contribution in [2.45, 2.75) is 12.4 Å². The summed E-state index contributed by atoms with van der Waals surface area (Å²) in [4.78, 5) is 27.2. The van der Waals surface area contributed by atoms with Gasteiger partial charge in [-0.25, -0.2) is 4.98 Å². The summed E-state index contributed by atoms with van der Waals surface area (Å²) >= 11 is 0. The third kappa shape index (κ3) is 5.60. The van der Waals surface area contributed by atoms with E-state index in [0.29, 0.717) is 17.5 Å². The van der Waals surface area contributed by atoms with Gasteiger partial charge in [0, 0.05) is 35.0 Å². The van der Waals surface area contributed by atoms with Gasteiger partial charge in [0.1, 0.15) is 11.5 Å². The Labute approximate surface area is 203 Å². The number of nitro groups is 1. The molecule has 0 spiro atoms. The topological polar surface area (TPSA) is 94.4 Å². The summed E-state index contributed by atoms with van der Waals surface area (Å²) in [6, 6.07) is 11.8. The van der Waals surface area contributed by atoms with Gasteiger partial charge < -0.3 is 10.1 Å². The summed E-state index contributed by atoms with van der Waals surface area (Å²) in [6.07, 6.45) is -8.92. The number of fused-ring (bicyclic) bond motifs is 1. The smallest absolute Gasteiger partial charge is 0.416 e. The number of nitrogens with one attached hydrogen (secondary N) is 1. The number of hydrogen-bond donors (Lipinski definition) is 1. The molecule has 0 aliphatic rings. The molecule has 0 saturated carbocycles. The van der Waals surface area contributed by atoms with Crippen LogP contribution in [0.3, 0.4) is 0 Å². The second-order valence-corrected chi connectivity index (χ2v) is 7.62. The molecule has 1 heterocycles. The molecule has 0 bridgehead atoms. The molecule has 0 saturated heterocycles. The molecule has 0 radical (unpaired) electrons. The number of para-hydroxylation sites is 1. The Balaban J connectivity index is 1.62. The van der Waals surface area contributed by atoms with Crippen LogP contribution in [0.25, 0.3) is 10.9 Å². The number of halogens is 6. The third-order valence-corrected chi connectivity index (χ3v) is 5.08. The van der Waals surface area contributed by atoms with E-state index < -0.39 is 39.9 Å². The number of carbonyl (C=O) groups is 1. The summed E-state index contributed by atoms with van der Waals surface area (Å²) in [5.74, 6) is -0.902. The minimum Gasteiger partial charge on any atom is -0.457 e. The molecule has 1 aromatic heterocycles. The van der Waals surface area contributed by atoms with Gasteiger partial charge in [0.2, 0.25) is 0 Å². The summed E-state index contributed by atoms with van der Waals surface area (Å²) in [7, 11) is 0. The van der Waals surface area contributed by atoms with Crippen LogP contribution in [-0.2, 0) is 12.4 Å². The number of hydrogen-bond acceptors (Lipinski definition) is 5. The Morgan fingerprint density at radius 1 is 0.892 bits per heavy atom. The number of alkyl halides is 6. The first kappa shape index (κ1) is 25.4. The Kier molecular flexibility index (Phi) is 6.46. The van der Waals surface area contributed by atoms with Gasteiger partial charge in [-0.3, -0.25) is 14.9 Å². The molecule has 4 rings (SSSR count). The Morgan fingerprint density at radius 2 is 1.54 bits per heavy atom. The van der Waals surface area contributed by atoms with Crippen molar-refractivity contribution in [2.75, 3.05) is 5.32 Å². The normalized spacial score (nSPS) is 11.8. The maximum absolute atomic E-state index is 13.1. The minimum atomic E-state index is -5.10. The van der Waals surface area contributed by atoms with E-state index in [2.05, 4.69) is 10.3 Å². The van der Waals surface area contributed by atoms with Gasteiger partial charge in [-0.15, -0.1) is 0 Å². The second kappa shape index (κ2) is 9.41. The van der Waals surface area contributed by atoms with Crippen LogP contribution in [0.1, 0.15) is 21.5 Å². The SMILES string of the molecule is O=C(Nc1cccc(Oc2ccnc3c([N+](=O)[O-])cccc23)c1)c1cc(C(F)(F)F)cc(C(F)(F)F)c1. The van der Waals surface area contributed by atoms with Crippen molar-refractivity contribution in [2.24, 2.45) is 0 Å². The molecule has 0 atom stereocenters. The number of ether oxygens (including phenoxy) is 1. The van der Waals surface area contributed by atoms with Crippen LogP contribution in [0.2, 0.25) is 0 Å². The fraction of sp³-hybridized carbons (Fsp3) is 0.0833. The molecule has 7 nitrogen and oxygen atoms in total. The molecule has 1 amide bonds. The number of anilines is 1. The van der Waals surface area contributed by atoms with Crippen molar-refractivity contribution < 1.29 is 40.8 Å². The summed E-state index contributed by atoms with van der Waals surface area (Å²) in [5, 5.41) is 13.8. The van der Waals surface area contributed by atoms with Gasteiger partial charge in [0.05, 0.1) is 16.1 Å². The van der Waals surface area contributed by atoms with Gasteiger partial charge in [0.15, 0.2) is 5.52 Å². The molecular formula is C24H13F6N3O4. The van der Waals surface area contributed by atoms with Crippen LogP contribution in [0.5, 0.6) is 11.5 Å². The van der Waals surface area contributed by atoms with E-state index in [0.717, 1.165) is 0 Å². The molecule has 37 heavy (non-hydrogen) atoms. The first-order chi connectivity index (χ1) is 17.3. The number of nitrogens with zero attached hydrogens (tertiary/aromatic N) is 2. The summed E-state index contributed by atoms with van der Waals surface area (Å²) in [5.41, 5.74) is -4.26. The van der Waals surface area contributed by atoms with Crippen molar-refractivity contribution in [1.29, 1.82) is 0 Å². The van der Waals surface area contributed by atoms with E-state index in [9.17, 15) is 41.3 Å². The maximum atomic E-state index is 13.1. The predicted octanol–water partition coefficient (Wildman–Crippen LogP) is 7.23. The Bertz CT molecular complexity index is 1490. The molecule has 4 aromatic rings. The van der Waals surface area contributed by atoms with Crippen LogP contribution in [0, 0.1) is 10.1 Å². The van der Waals surface area contributed by atoms with Crippen molar-refractivity contribution in [3.63, 3.8) is 0 Å². The number of nitro benzene ring substituents is 1. The van der Waals surface area contributed by atoms with Gasteiger partial charge >= 0.3 is 12.4 Å². The van der Waals surface area contributed by atoms with Crippen LogP contribution in [0.15, 0.2) is 72.9 Å². The third-order valence-electron chi connectivity index (χ3n) is 5.08. The quantitative estimate of drug-likeness (QED) is 0.170. The molecule has 13 heteroatoms. The monoisotopic (exact) mass is 521 g/mol. The number of pyridine rings is 1. The highest BCUT2D eigenvalue weighted by atomic mass is 19.4. The van der Waals surface area contributed by atoms with E-state index >= 15 is 0 Å². The lowest BCUT2D eigenvalue weighted by atomic mass is 10.0. The van der Waals surface area contributed by atoms with E-state index in [1.165, 1.54) is 48.7 Å². The fourth-order valence-corrected chi connectivity index (χ4v) is 3.43. The van der Waals surface area contributed by atoms with Gasteiger partial charge in [0.25, 0.3) is 11.6 Å². The number of carbonyl (C=O) groups excluding carboxylic acids is 1. The number of rotatable bonds is 5. The van der Waals surface area contributed by atoms with E-state index in [1.807, 2.05) is 0 Å². The largest absolute Gasteiger partial charge is 0.457 e. The average Bonchev–Trinajstić information content (AvgIpc) is 2.82.